The highest BCUT2D eigenvalue weighted by molar-refractivity contribution is 5.94. The summed E-state index contributed by atoms with van der Waals surface area (Å²) in [5, 5.41) is 11.7. The maximum Gasteiger partial charge on any atom is 0.407 e. The number of nitriles is 1. The molecule has 0 radical (unpaired) electrons. The Morgan fingerprint density at radius 2 is 2.32 bits per heavy atom. The van der Waals surface area contributed by atoms with Crippen molar-refractivity contribution in [2.24, 2.45) is 0 Å². The molecule has 22 heavy (non-hydrogen) atoms. The van der Waals surface area contributed by atoms with Crippen molar-refractivity contribution in [3.8, 4) is 6.07 Å². The van der Waals surface area contributed by atoms with Gasteiger partial charge in [0.05, 0.1) is 18.2 Å². The number of ether oxygens (including phenoxy) is 1. The molecular weight excluding hydrogens is 282 g/mol. The van der Waals surface area contributed by atoms with Gasteiger partial charge in [-0.3, -0.25) is 4.79 Å². The van der Waals surface area contributed by atoms with Gasteiger partial charge in [-0.1, -0.05) is 6.07 Å². The van der Waals surface area contributed by atoms with Gasteiger partial charge in [0.2, 0.25) is 0 Å². The zero-order chi connectivity index (χ0) is 15.9. The predicted molar refractivity (Wildman–Crippen MR) is 80.2 cm³/mol. The summed E-state index contributed by atoms with van der Waals surface area (Å²) in [6.07, 6.45) is 1.19. The summed E-state index contributed by atoms with van der Waals surface area (Å²) in [6.45, 7) is 3.17. The molecule has 1 fully saturated rings. The molecule has 0 aromatic heterocycles. The molecule has 1 saturated heterocycles. The van der Waals surface area contributed by atoms with Crippen LogP contribution in [0.15, 0.2) is 24.3 Å². The van der Waals surface area contributed by atoms with Crippen molar-refractivity contribution >= 4 is 12.0 Å². The first-order valence-electron chi connectivity index (χ1n) is 7.36. The summed E-state index contributed by atoms with van der Waals surface area (Å²) in [5.74, 6) is -0.118. The molecule has 1 aliphatic heterocycles. The molecule has 1 atom stereocenters. The van der Waals surface area contributed by atoms with Crippen molar-refractivity contribution in [3.05, 3.63) is 35.4 Å². The fourth-order valence-corrected chi connectivity index (χ4v) is 2.52. The van der Waals surface area contributed by atoms with Crippen molar-refractivity contribution in [2.45, 2.75) is 25.8 Å². The van der Waals surface area contributed by atoms with Crippen LogP contribution in [-0.2, 0) is 4.74 Å². The van der Waals surface area contributed by atoms with Gasteiger partial charge in [-0.05, 0) is 38.0 Å². The maximum absolute atomic E-state index is 12.5. The van der Waals surface area contributed by atoms with Crippen LogP contribution in [0.5, 0.6) is 0 Å². The number of likely N-dealkylation sites (tertiary alicyclic amines) is 1. The van der Waals surface area contributed by atoms with Crippen molar-refractivity contribution in [1.82, 2.24) is 10.2 Å². The number of hydrogen-bond donors (Lipinski definition) is 1. The van der Waals surface area contributed by atoms with Gasteiger partial charge in [-0.2, -0.15) is 5.26 Å². The molecule has 0 unspecified atom stereocenters. The maximum atomic E-state index is 12.5. The van der Waals surface area contributed by atoms with Crippen LogP contribution >= 0.6 is 0 Å². The molecule has 2 rings (SSSR count). The fraction of sp³-hybridized carbons (Fsp3) is 0.438. The average Bonchev–Trinajstić information content (AvgIpc) is 2.54. The first-order chi connectivity index (χ1) is 10.6. The minimum absolute atomic E-state index is 0.101. The minimum Gasteiger partial charge on any atom is -0.450 e. The van der Waals surface area contributed by atoms with E-state index in [1.165, 1.54) is 0 Å². The van der Waals surface area contributed by atoms with Gasteiger partial charge in [0.25, 0.3) is 5.91 Å². The van der Waals surface area contributed by atoms with Crippen LogP contribution < -0.4 is 5.32 Å². The third-order valence-electron chi connectivity index (χ3n) is 3.54. The second-order valence-electron chi connectivity index (χ2n) is 5.15. The van der Waals surface area contributed by atoms with Crippen molar-refractivity contribution < 1.29 is 14.3 Å². The van der Waals surface area contributed by atoms with E-state index in [9.17, 15) is 9.59 Å². The van der Waals surface area contributed by atoms with Crippen LogP contribution in [0.2, 0.25) is 0 Å². The van der Waals surface area contributed by atoms with Gasteiger partial charge >= 0.3 is 6.09 Å². The molecule has 116 valence electrons. The van der Waals surface area contributed by atoms with Crippen LogP contribution in [0.3, 0.4) is 0 Å². The number of rotatable bonds is 3. The molecule has 6 nitrogen and oxygen atoms in total. The van der Waals surface area contributed by atoms with Crippen LogP contribution in [0.1, 0.15) is 35.7 Å². The number of alkyl carbamates (subject to hydrolysis) is 1. The lowest BCUT2D eigenvalue weighted by atomic mass is 10.0. The molecule has 1 N–H and O–H groups in total. The van der Waals surface area contributed by atoms with E-state index in [2.05, 4.69) is 5.32 Å². The number of benzene rings is 1. The number of amides is 2. The van der Waals surface area contributed by atoms with E-state index >= 15 is 0 Å². The Morgan fingerprint density at radius 3 is 3.05 bits per heavy atom. The highest BCUT2D eigenvalue weighted by Gasteiger charge is 2.25. The lowest BCUT2D eigenvalue weighted by Crippen LogP contribution is -2.49. The summed E-state index contributed by atoms with van der Waals surface area (Å²) in [6, 6.07) is 8.58. The normalized spacial score (nSPS) is 17.5. The topological polar surface area (TPSA) is 82.4 Å². The Labute approximate surface area is 129 Å². The number of nitrogens with zero attached hydrogens (tertiary/aromatic N) is 2. The predicted octanol–water partition coefficient (Wildman–Crippen LogP) is 1.91. The van der Waals surface area contributed by atoms with E-state index in [0.717, 1.165) is 12.8 Å². The van der Waals surface area contributed by atoms with E-state index in [1.54, 1.807) is 36.1 Å². The highest BCUT2D eigenvalue weighted by Crippen LogP contribution is 2.15. The van der Waals surface area contributed by atoms with E-state index in [1.807, 2.05) is 6.07 Å². The van der Waals surface area contributed by atoms with Crippen molar-refractivity contribution in [1.29, 1.82) is 5.26 Å². The number of carbonyl (C=O) groups excluding carboxylic acids is 2. The Kier molecular flexibility index (Phi) is 5.37. The minimum atomic E-state index is -0.451. The van der Waals surface area contributed by atoms with Crippen LogP contribution in [0, 0.1) is 11.3 Å². The molecule has 0 saturated carbocycles. The van der Waals surface area contributed by atoms with Gasteiger partial charge in [0, 0.05) is 24.7 Å². The smallest absolute Gasteiger partial charge is 0.407 e. The molecule has 0 bridgehead atoms. The molecular formula is C16H19N3O3. The molecule has 0 spiro atoms. The van der Waals surface area contributed by atoms with Crippen molar-refractivity contribution in [2.75, 3.05) is 19.7 Å². The van der Waals surface area contributed by atoms with E-state index in [4.69, 9.17) is 10.00 Å². The summed E-state index contributed by atoms with van der Waals surface area (Å²) < 4.78 is 4.87. The largest absolute Gasteiger partial charge is 0.450 e. The Bertz CT molecular complexity index is 595. The molecule has 6 heteroatoms. The molecule has 1 heterocycles. The average molecular weight is 301 g/mol. The second-order valence-corrected chi connectivity index (χ2v) is 5.15. The number of carbonyl (C=O) groups is 2. The van der Waals surface area contributed by atoms with E-state index < -0.39 is 6.09 Å². The summed E-state index contributed by atoms with van der Waals surface area (Å²) >= 11 is 0. The Morgan fingerprint density at radius 1 is 1.50 bits per heavy atom. The number of hydrogen-bond acceptors (Lipinski definition) is 4. The van der Waals surface area contributed by atoms with E-state index in [-0.39, 0.29) is 11.9 Å². The van der Waals surface area contributed by atoms with Gasteiger partial charge in [0.15, 0.2) is 0 Å². The van der Waals surface area contributed by atoms with Gasteiger partial charge in [-0.15, -0.1) is 0 Å². The number of nitrogens with one attached hydrogen (secondary N) is 1. The van der Waals surface area contributed by atoms with Crippen LogP contribution in [-0.4, -0.2) is 42.6 Å². The monoisotopic (exact) mass is 301 g/mol. The lowest BCUT2D eigenvalue weighted by Gasteiger charge is -2.33. The molecule has 1 aliphatic rings. The van der Waals surface area contributed by atoms with Crippen molar-refractivity contribution in [3.63, 3.8) is 0 Å². The summed E-state index contributed by atoms with van der Waals surface area (Å²) in [7, 11) is 0. The summed E-state index contributed by atoms with van der Waals surface area (Å²) in [4.78, 5) is 25.7. The third-order valence-corrected chi connectivity index (χ3v) is 3.54. The van der Waals surface area contributed by atoms with Crippen LogP contribution in [0.4, 0.5) is 4.79 Å². The fourth-order valence-electron chi connectivity index (χ4n) is 2.52. The van der Waals surface area contributed by atoms with Crippen LogP contribution in [0.25, 0.3) is 0 Å². The Hall–Kier alpha value is -2.55. The first kappa shape index (κ1) is 15.8. The molecule has 0 aliphatic carbocycles. The zero-order valence-electron chi connectivity index (χ0n) is 12.5. The van der Waals surface area contributed by atoms with E-state index in [0.29, 0.717) is 30.8 Å². The molecule has 1 aromatic carbocycles. The summed E-state index contributed by atoms with van der Waals surface area (Å²) in [5.41, 5.74) is 0.958. The molecule has 1 aromatic rings. The highest BCUT2D eigenvalue weighted by atomic mass is 16.5. The third kappa shape index (κ3) is 3.98. The number of piperidine rings is 1. The Balaban J connectivity index is 2.00. The zero-order valence-corrected chi connectivity index (χ0v) is 12.5. The quantitative estimate of drug-likeness (QED) is 0.924. The molecule has 2 amide bonds. The van der Waals surface area contributed by atoms with Gasteiger partial charge < -0.3 is 15.0 Å². The second kappa shape index (κ2) is 7.46. The standard InChI is InChI=1S/C16H19N3O3/c1-2-22-16(21)18-14-7-4-8-19(11-14)15(20)13-6-3-5-12(9-13)10-17/h3,5-6,9,14H,2,4,7-8,11H2,1H3,(H,18,21)/t14-/m1/s1. The first-order valence-corrected chi connectivity index (χ1v) is 7.36. The SMILES string of the molecule is CCOC(=O)N[C@@H]1CCCN(C(=O)c2cccc(C#N)c2)C1. The van der Waals surface area contributed by atoms with Gasteiger partial charge in [0.1, 0.15) is 0 Å². The van der Waals surface area contributed by atoms with Gasteiger partial charge in [-0.25, -0.2) is 4.79 Å². The lowest BCUT2D eigenvalue weighted by molar-refractivity contribution is 0.0686.